The molecule has 128 valence electrons. The van der Waals surface area contributed by atoms with Crippen molar-refractivity contribution >= 4 is 5.91 Å². The molecule has 0 unspecified atom stereocenters. The summed E-state index contributed by atoms with van der Waals surface area (Å²) in [5.74, 6) is 1.83. The minimum absolute atomic E-state index is 0.0241. The fourth-order valence-corrected chi connectivity index (χ4v) is 3.35. The third-order valence-corrected chi connectivity index (χ3v) is 4.66. The van der Waals surface area contributed by atoms with Gasteiger partial charge in [0.2, 0.25) is 0 Å². The van der Waals surface area contributed by atoms with Gasteiger partial charge in [-0.3, -0.25) is 9.69 Å². The second-order valence-electron chi connectivity index (χ2n) is 6.64. The predicted octanol–water partition coefficient (Wildman–Crippen LogP) is 3.85. The molecule has 3 rings (SSSR count). The van der Waals surface area contributed by atoms with Crippen LogP contribution in [0.5, 0.6) is 0 Å². The number of nitrogens with one attached hydrogen (secondary N) is 1. The second-order valence-corrected chi connectivity index (χ2v) is 6.64. The number of hydrogen-bond donors (Lipinski definition) is 1. The Kier molecular flexibility index (Phi) is 5.36. The Balaban J connectivity index is 1.70. The molecule has 0 bridgehead atoms. The van der Waals surface area contributed by atoms with Crippen LogP contribution in [0.2, 0.25) is 0 Å². The van der Waals surface area contributed by atoms with Gasteiger partial charge in [0.25, 0.3) is 5.91 Å². The zero-order valence-electron chi connectivity index (χ0n) is 14.5. The van der Waals surface area contributed by atoms with E-state index in [0.717, 1.165) is 30.2 Å². The number of aryl methyl sites for hydroxylation is 2. The standard InChI is InChI=1S/C20H26N2O2/c1-15-7-6-8-17(13-15)20(23)21-14-18(19-10-9-16(2)24-19)22-11-4-3-5-12-22/h6-10,13,18H,3-5,11-12,14H2,1-2H3,(H,21,23)/t18-/m0/s1. The number of piperidine rings is 1. The van der Waals surface area contributed by atoms with Crippen molar-refractivity contribution in [2.24, 2.45) is 0 Å². The van der Waals surface area contributed by atoms with Gasteiger partial charge in [0, 0.05) is 12.1 Å². The predicted molar refractivity (Wildman–Crippen MR) is 95.1 cm³/mol. The number of amides is 1. The summed E-state index contributed by atoms with van der Waals surface area (Å²) < 4.78 is 5.86. The van der Waals surface area contributed by atoms with Gasteiger partial charge in [-0.2, -0.15) is 0 Å². The SMILES string of the molecule is Cc1cccc(C(=O)NC[C@@H](c2ccc(C)o2)N2CCCCC2)c1. The molecule has 1 aliphatic heterocycles. The lowest BCUT2D eigenvalue weighted by molar-refractivity contribution is 0.0913. The van der Waals surface area contributed by atoms with Gasteiger partial charge in [-0.25, -0.2) is 0 Å². The maximum atomic E-state index is 12.5. The van der Waals surface area contributed by atoms with E-state index in [0.29, 0.717) is 12.1 Å². The number of rotatable bonds is 5. The quantitative estimate of drug-likeness (QED) is 0.907. The highest BCUT2D eigenvalue weighted by Crippen LogP contribution is 2.25. The lowest BCUT2D eigenvalue weighted by Crippen LogP contribution is -2.40. The van der Waals surface area contributed by atoms with E-state index < -0.39 is 0 Å². The first-order valence-corrected chi connectivity index (χ1v) is 8.79. The average Bonchev–Trinajstić information content (AvgIpc) is 3.02. The van der Waals surface area contributed by atoms with Crippen molar-refractivity contribution in [1.82, 2.24) is 10.2 Å². The number of carbonyl (C=O) groups is 1. The molecule has 1 atom stereocenters. The van der Waals surface area contributed by atoms with Gasteiger partial charge in [-0.15, -0.1) is 0 Å². The first-order chi connectivity index (χ1) is 11.6. The van der Waals surface area contributed by atoms with Crippen LogP contribution < -0.4 is 5.32 Å². The zero-order valence-corrected chi connectivity index (χ0v) is 14.5. The van der Waals surface area contributed by atoms with Crippen molar-refractivity contribution in [1.29, 1.82) is 0 Å². The maximum Gasteiger partial charge on any atom is 0.251 e. The van der Waals surface area contributed by atoms with Crippen LogP contribution >= 0.6 is 0 Å². The number of furan rings is 1. The van der Waals surface area contributed by atoms with Crippen LogP contribution in [0.25, 0.3) is 0 Å². The summed E-state index contributed by atoms with van der Waals surface area (Å²) in [7, 11) is 0. The molecule has 1 saturated heterocycles. The molecule has 4 heteroatoms. The summed E-state index contributed by atoms with van der Waals surface area (Å²) in [6.07, 6.45) is 3.71. The largest absolute Gasteiger partial charge is 0.465 e. The summed E-state index contributed by atoms with van der Waals surface area (Å²) >= 11 is 0. The van der Waals surface area contributed by atoms with E-state index in [1.807, 2.05) is 50.2 Å². The van der Waals surface area contributed by atoms with Crippen LogP contribution in [0.1, 0.15) is 52.7 Å². The van der Waals surface area contributed by atoms with Crippen LogP contribution in [0, 0.1) is 13.8 Å². The summed E-state index contributed by atoms with van der Waals surface area (Å²) in [4.78, 5) is 14.9. The molecule has 24 heavy (non-hydrogen) atoms. The molecule has 2 aromatic rings. The van der Waals surface area contributed by atoms with Crippen LogP contribution in [0.3, 0.4) is 0 Å². The lowest BCUT2D eigenvalue weighted by Gasteiger charge is -2.33. The first kappa shape index (κ1) is 16.8. The van der Waals surface area contributed by atoms with Gasteiger partial charge < -0.3 is 9.73 Å². The highest BCUT2D eigenvalue weighted by molar-refractivity contribution is 5.94. The monoisotopic (exact) mass is 326 g/mol. The fraction of sp³-hybridized carbons (Fsp3) is 0.450. The average molecular weight is 326 g/mol. The fourth-order valence-electron chi connectivity index (χ4n) is 3.35. The molecule has 0 radical (unpaired) electrons. The molecule has 0 aliphatic carbocycles. The molecular formula is C20H26N2O2. The summed E-state index contributed by atoms with van der Waals surface area (Å²) in [5, 5.41) is 3.09. The number of nitrogens with zero attached hydrogens (tertiary/aromatic N) is 1. The van der Waals surface area contributed by atoms with E-state index in [2.05, 4.69) is 10.2 Å². The summed E-state index contributed by atoms with van der Waals surface area (Å²) in [5.41, 5.74) is 1.81. The molecule has 0 spiro atoms. The van der Waals surface area contributed by atoms with Crippen LogP contribution in [-0.2, 0) is 0 Å². The Hall–Kier alpha value is -2.07. The summed E-state index contributed by atoms with van der Waals surface area (Å²) in [6, 6.07) is 11.8. The number of benzene rings is 1. The van der Waals surface area contributed by atoms with Crippen molar-refractivity contribution in [3.63, 3.8) is 0 Å². The molecule has 1 amide bonds. The van der Waals surface area contributed by atoms with E-state index >= 15 is 0 Å². The number of hydrogen-bond acceptors (Lipinski definition) is 3. The zero-order chi connectivity index (χ0) is 16.9. The Morgan fingerprint density at radius 1 is 1.17 bits per heavy atom. The van der Waals surface area contributed by atoms with Crippen molar-refractivity contribution < 1.29 is 9.21 Å². The van der Waals surface area contributed by atoms with Crippen LogP contribution in [0.15, 0.2) is 40.8 Å². The van der Waals surface area contributed by atoms with Gasteiger partial charge >= 0.3 is 0 Å². The van der Waals surface area contributed by atoms with E-state index in [9.17, 15) is 4.79 Å². The first-order valence-electron chi connectivity index (χ1n) is 8.79. The molecule has 4 nitrogen and oxygen atoms in total. The minimum Gasteiger partial charge on any atom is -0.465 e. The molecule has 1 fully saturated rings. The van der Waals surface area contributed by atoms with E-state index in [1.54, 1.807) is 0 Å². The van der Waals surface area contributed by atoms with E-state index in [1.165, 1.54) is 19.3 Å². The number of likely N-dealkylation sites (tertiary alicyclic amines) is 1. The van der Waals surface area contributed by atoms with E-state index in [4.69, 9.17) is 4.42 Å². The smallest absolute Gasteiger partial charge is 0.251 e. The second kappa shape index (κ2) is 7.67. The van der Waals surface area contributed by atoms with Crippen LogP contribution in [0.4, 0.5) is 0 Å². The van der Waals surface area contributed by atoms with Gasteiger partial charge in [0.05, 0.1) is 6.04 Å². The topological polar surface area (TPSA) is 45.5 Å². The minimum atomic E-state index is -0.0241. The van der Waals surface area contributed by atoms with Crippen molar-refractivity contribution in [2.75, 3.05) is 19.6 Å². The van der Waals surface area contributed by atoms with Crippen LogP contribution in [-0.4, -0.2) is 30.4 Å². The maximum absolute atomic E-state index is 12.5. The molecular weight excluding hydrogens is 300 g/mol. The Labute approximate surface area is 143 Å². The molecule has 1 aliphatic rings. The van der Waals surface area contributed by atoms with E-state index in [-0.39, 0.29) is 11.9 Å². The Morgan fingerprint density at radius 3 is 2.62 bits per heavy atom. The van der Waals surface area contributed by atoms with Gasteiger partial charge in [-0.05, 0) is 64.0 Å². The van der Waals surface area contributed by atoms with Crippen molar-refractivity contribution in [3.05, 3.63) is 59.0 Å². The Bertz CT molecular complexity index is 686. The normalized spacial score (nSPS) is 16.8. The lowest BCUT2D eigenvalue weighted by atomic mass is 10.1. The van der Waals surface area contributed by atoms with Gasteiger partial charge in [0.15, 0.2) is 0 Å². The van der Waals surface area contributed by atoms with Crippen molar-refractivity contribution in [2.45, 2.75) is 39.2 Å². The Morgan fingerprint density at radius 2 is 1.96 bits per heavy atom. The molecule has 1 aromatic heterocycles. The molecule has 1 aromatic carbocycles. The molecule has 2 heterocycles. The summed E-state index contributed by atoms with van der Waals surface area (Å²) in [6.45, 7) is 6.65. The highest BCUT2D eigenvalue weighted by atomic mass is 16.3. The molecule has 1 N–H and O–H groups in total. The third-order valence-electron chi connectivity index (χ3n) is 4.66. The molecule has 0 saturated carbocycles. The van der Waals surface area contributed by atoms with Gasteiger partial charge in [0.1, 0.15) is 11.5 Å². The van der Waals surface area contributed by atoms with Gasteiger partial charge in [-0.1, -0.05) is 24.1 Å². The number of carbonyl (C=O) groups excluding carboxylic acids is 1. The van der Waals surface area contributed by atoms with Crippen molar-refractivity contribution in [3.8, 4) is 0 Å². The third kappa shape index (κ3) is 4.06. The highest BCUT2D eigenvalue weighted by Gasteiger charge is 2.25.